The monoisotopic (exact) mass is 654 g/mol. The average Bonchev–Trinajstić information content (AvgIpc) is 3.10. The zero-order valence-corrected chi connectivity index (χ0v) is 27.6. The number of aryl methyl sites for hydroxylation is 2. The predicted molar refractivity (Wildman–Crippen MR) is 183 cm³/mol. The standard InChI is InChI=1S/C20H23NO4.C18H19NO4/c1-3-25-20(23)18-13-21(16-8-10-24-11-9-16)12-17(19(18)22)15-6-4-14(2)5-7-15;1-12-2-4-13(5-3-12)15-10-19(14-6-8-23-9-7-14)11-16(17(15)20)18(21)22/h4-7,12-13,16H,3,8-11H2,1-2H3;2-5,10-11,14H,6-9H2,1H3,(H,21,22). The summed E-state index contributed by atoms with van der Waals surface area (Å²) in [7, 11) is 0. The van der Waals surface area contributed by atoms with Crippen LogP contribution in [0.3, 0.4) is 0 Å². The molecule has 2 aromatic carbocycles. The van der Waals surface area contributed by atoms with Crippen molar-refractivity contribution in [3.05, 3.63) is 116 Å². The fraction of sp³-hybridized carbons (Fsp3) is 0.368. The van der Waals surface area contributed by atoms with Crippen molar-refractivity contribution in [1.82, 2.24) is 9.13 Å². The van der Waals surface area contributed by atoms with E-state index in [4.69, 9.17) is 14.2 Å². The van der Waals surface area contributed by atoms with Crippen LogP contribution in [0.1, 0.15) is 76.5 Å². The van der Waals surface area contributed by atoms with Crippen LogP contribution in [0.5, 0.6) is 0 Å². The zero-order valence-electron chi connectivity index (χ0n) is 27.6. The quantitative estimate of drug-likeness (QED) is 0.233. The normalized spacial score (nSPS) is 15.3. The number of esters is 1. The Morgan fingerprint density at radius 1 is 0.688 bits per heavy atom. The number of aromatic carboxylic acids is 1. The summed E-state index contributed by atoms with van der Waals surface area (Å²) in [5, 5.41) is 9.37. The average molecular weight is 655 g/mol. The number of carbonyl (C=O) groups is 2. The number of hydrogen-bond acceptors (Lipinski definition) is 7. The summed E-state index contributed by atoms with van der Waals surface area (Å²) < 4.78 is 19.7. The summed E-state index contributed by atoms with van der Waals surface area (Å²) in [6.45, 7) is 8.62. The van der Waals surface area contributed by atoms with Crippen molar-refractivity contribution in [2.75, 3.05) is 33.0 Å². The molecular formula is C38H42N2O8. The summed E-state index contributed by atoms with van der Waals surface area (Å²) in [5.74, 6) is -1.76. The molecule has 2 aromatic heterocycles. The Labute approximate surface area is 279 Å². The van der Waals surface area contributed by atoms with Gasteiger partial charge in [0.05, 0.1) is 6.61 Å². The van der Waals surface area contributed by atoms with Crippen LogP contribution in [-0.2, 0) is 14.2 Å². The lowest BCUT2D eigenvalue weighted by atomic mass is 10.0. The molecule has 2 aliphatic rings. The summed E-state index contributed by atoms with van der Waals surface area (Å²) in [6.07, 6.45) is 10.1. The van der Waals surface area contributed by atoms with Gasteiger partial charge in [-0.3, -0.25) is 9.59 Å². The van der Waals surface area contributed by atoms with Crippen LogP contribution >= 0.6 is 0 Å². The number of pyridine rings is 2. The van der Waals surface area contributed by atoms with E-state index in [0.717, 1.165) is 47.9 Å². The van der Waals surface area contributed by atoms with E-state index in [9.17, 15) is 24.3 Å². The molecule has 0 radical (unpaired) electrons. The minimum atomic E-state index is -1.19. The van der Waals surface area contributed by atoms with Gasteiger partial charge < -0.3 is 28.5 Å². The smallest absolute Gasteiger partial charge is 0.343 e. The van der Waals surface area contributed by atoms with Gasteiger partial charge in [-0.1, -0.05) is 59.7 Å². The first-order valence-electron chi connectivity index (χ1n) is 16.4. The lowest BCUT2D eigenvalue weighted by molar-refractivity contribution is 0.0520. The lowest BCUT2D eigenvalue weighted by Crippen LogP contribution is -2.25. The van der Waals surface area contributed by atoms with E-state index in [1.54, 1.807) is 19.3 Å². The van der Waals surface area contributed by atoms with E-state index >= 15 is 0 Å². The third-order valence-electron chi connectivity index (χ3n) is 8.77. The van der Waals surface area contributed by atoms with Crippen molar-refractivity contribution in [3.63, 3.8) is 0 Å². The third kappa shape index (κ3) is 8.18. The molecule has 48 heavy (non-hydrogen) atoms. The van der Waals surface area contributed by atoms with Gasteiger partial charge in [0.2, 0.25) is 10.9 Å². The molecule has 1 N–H and O–H groups in total. The van der Waals surface area contributed by atoms with Gasteiger partial charge in [-0.2, -0.15) is 0 Å². The Balaban J connectivity index is 0.000000188. The number of carbonyl (C=O) groups excluding carboxylic acids is 1. The maximum Gasteiger partial charge on any atom is 0.343 e. The Hall–Kier alpha value is -4.80. The van der Waals surface area contributed by atoms with Crippen LogP contribution in [0.4, 0.5) is 0 Å². The Morgan fingerprint density at radius 3 is 1.48 bits per heavy atom. The second kappa shape index (κ2) is 15.9. The molecule has 0 atom stereocenters. The third-order valence-corrected chi connectivity index (χ3v) is 8.77. The summed E-state index contributed by atoms with van der Waals surface area (Å²) in [5.41, 5.74) is 3.89. The largest absolute Gasteiger partial charge is 0.477 e. The van der Waals surface area contributed by atoms with Crippen molar-refractivity contribution in [3.8, 4) is 22.3 Å². The van der Waals surface area contributed by atoms with E-state index < -0.39 is 17.4 Å². The highest BCUT2D eigenvalue weighted by molar-refractivity contribution is 5.90. The first-order chi connectivity index (χ1) is 23.2. The molecule has 6 rings (SSSR count). The molecule has 2 saturated heterocycles. The number of rotatable bonds is 7. The van der Waals surface area contributed by atoms with Gasteiger partial charge in [-0.25, -0.2) is 9.59 Å². The fourth-order valence-corrected chi connectivity index (χ4v) is 5.97. The van der Waals surface area contributed by atoms with Crippen LogP contribution in [0.15, 0.2) is 82.9 Å². The molecule has 252 valence electrons. The molecule has 0 spiro atoms. The SMILES string of the molecule is CCOC(=O)c1cn(C2CCOCC2)cc(-c2ccc(C)cc2)c1=O.Cc1ccc(-c2cn(C3CCOCC3)cc(C(=O)O)c2=O)cc1. The minimum absolute atomic E-state index is 0.0893. The van der Waals surface area contributed by atoms with Gasteiger partial charge >= 0.3 is 11.9 Å². The lowest BCUT2D eigenvalue weighted by Gasteiger charge is -2.26. The van der Waals surface area contributed by atoms with E-state index in [0.29, 0.717) is 37.6 Å². The highest BCUT2D eigenvalue weighted by Crippen LogP contribution is 2.26. The van der Waals surface area contributed by atoms with Gasteiger partial charge in [0.1, 0.15) is 11.1 Å². The molecule has 2 fully saturated rings. The van der Waals surface area contributed by atoms with Gasteiger partial charge in [0.15, 0.2) is 0 Å². The van der Waals surface area contributed by atoms with Gasteiger partial charge in [0.25, 0.3) is 0 Å². The minimum Gasteiger partial charge on any atom is -0.477 e. The maximum absolute atomic E-state index is 12.9. The first-order valence-corrected chi connectivity index (χ1v) is 16.4. The van der Waals surface area contributed by atoms with Crippen molar-refractivity contribution in [2.45, 2.75) is 58.5 Å². The number of aromatic nitrogens is 2. The summed E-state index contributed by atoms with van der Waals surface area (Å²) >= 11 is 0. The molecule has 0 aliphatic carbocycles. The van der Waals surface area contributed by atoms with E-state index in [2.05, 4.69) is 0 Å². The number of benzene rings is 2. The summed E-state index contributed by atoms with van der Waals surface area (Å²) in [6, 6.07) is 15.7. The van der Waals surface area contributed by atoms with Crippen LogP contribution in [0.25, 0.3) is 22.3 Å². The predicted octanol–water partition coefficient (Wildman–Crippen LogP) is 6.23. The Kier molecular flexibility index (Phi) is 11.4. The number of nitrogens with zero attached hydrogens (tertiary/aromatic N) is 2. The molecular weight excluding hydrogens is 612 g/mol. The van der Waals surface area contributed by atoms with Crippen LogP contribution in [-0.4, -0.2) is 59.2 Å². The van der Waals surface area contributed by atoms with Crippen molar-refractivity contribution in [1.29, 1.82) is 0 Å². The molecule has 4 aromatic rings. The highest BCUT2D eigenvalue weighted by atomic mass is 16.5. The summed E-state index contributed by atoms with van der Waals surface area (Å²) in [4.78, 5) is 49.1. The van der Waals surface area contributed by atoms with Crippen molar-refractivity contribution < 1.29 is 28.9 Å². The number of hydrogen-bond donors (Lipinski definition) is 1. The van der Waals surface area contributed by atoms with Crippen molar-refractivity contribution >= 4 is 11.9 Å². The highest BCUT2D eigenvalue weighted by Gasteiger charge is 2.22. The molecule has 0 amide bonds. The molecule has 0 saturated carbocycles. The van der Waals surface area contributed by atoms with Gasteiger partial charge in [0, 0.05) is 74.4 Å². The maximum atomic E-state index is 12.9. The molecule has 10 heteroatoms. The molecule has 10 nitrogen and oxygen atoms in total. The zero-order chi connectivity index (χ0) is 34.2. The van der Waals surface area contributed by atoms with Crippen molar-refractivity contribution in [2.24, 2.45) is 0 Å². The van der Waals surface area contributed by atoms with E-state index in [1.165, 1.54) is 6.20 Å². The van der Waals surface area contributed by atoms with Gasteiger partial charge in [-0.05, 0) is 57.6 Å². The Bertz CT molecular complexity index is 1850. The number of ether oxygens (including phenoxy) is 3. The topological polar surface area (TPSA) is 126 Å². The molecule has 0 bridgehead atoms. The van der Waals surface area contributed by atoms with E-state index in [1.807, 2.05) is 77.7 Å². The first kappa shape index (κ1) is 34.5. The fourth-order valence-electron chi connectivity index (χ4n) is 5.97. The number of carboxylic acids is 1. The molecule has 4 heterocycles. The molecule has 0 unspecified atom stereocenters. The van der Waals surface area contributed by atoms with Crippen LogP contribution in [0, 0.1) is 13.8 Å². The second-order valence-electron chi connectivity index (χ2n) is 12.2. The Morgan fingerprint density at radius 2 is 1.08 bits per heavy atom. The number of carboxylic acid groups (broad SMARTS) is 1. The van der Waals surface area contributed by atoms with Gasteiger partial charge in [-0.15, -0.1) is 0 Å². The van der Waals surface area contributed by atoms with E-state index in [-0.39, 0.29) is 35.2 Å². The molecule has 2 aliphatic heterocycles. The second-order valence-corrected chi connectivity index (χ2v) is 12.2. The van der Waals surface area contributed by atoms with Crippen LogP contribution < -0.4 is 10.9 Å². The van der Waals surface area contributed by atoms with Crippen LogP contribution in [0.2, 0.25) is 0 Å².